The first kappa shape index (κ1) is 15.9. The zero-order chi connectivity index (χ0) is 15.6. The summed E-state index contributed by atoms with van der Waals surface area (Å²) in [5.41, 5.74) is 1.07. The Morgan fingerprint density at radius 3 is 2.36 bits per heavy atom. The van der Waals surface area contributed by atoms with Crippen molar-refractivity contribution in [3.63, 3.8) is 0 Å². The van der Waals surface area contributed by atoms with Gasteiger partial charge in [0.15, 0.2) is 0 Å². The van der Waals surface area contributed by atoms with Crippen molar-refractivity contribution >= 4 is 10.2 Å². The van der Waals surface area contributed by atoms with E-state index in [1.165, 1.54) is 8.61 Å². The van der Waals surface area contributed by atoms with Gasteiger partial charge in [-0.3, -0.25) is 0 Å². The molecule has 0 bridgehead atoms. The molecule has 0 unspecified atom stereocenters. The highest BCUT2D eigenvalue weighted by atomic mass is 32.2. The lowest BCUT2D eigenvalue weighted by Crippen LogP contribution is -2.53. The highest BCUT2D eigenvalue weighted by Gasteiger charge is 2.37. The van der Waals surface area contributed by atoms with Crippen LogP contribution in [0.2, 0.25) is 0 Å². The summed E-state index contributed by atoms with van der Waals surface area (Å²) in [6.07, 6.45) is -0.0404. The maximum absolute atomic E-state index is 12.6. The lowest BCUT2D eigenvalue weighted by molar-refractivity contribution is 0.0603. The number of benzene rings is 1. The molecule has 6 nitrogen and oxygen atoms in total. The Balaban J connectivity index is 1.69. The van der Waals surface area contributed by atoms with E-state index in [2.05, 4.69) is 0 Å². The van der Waals surface area contributed by atoms with Gasteiger partial charge in [0.05, 0.1) is 19.3 Å². The van der Waals surface area contributed by atoms with Crippen LogP contribution in [0.15, 0.2) is 30.3 Å². The topological polar surface area (TPSA) is 70.1 Å². The summed E-state index contributed by atoms with van der Waals surface area (Å²) in [5, 5.41) is 10.4. The number of hydrogen-bond acceptors (Lipinski definition) is 4. The number of rotatable bonds is 3. The van der Waals surface area contributed by atoms with Crippen LogP contribution in [-0.4, -0.2) is 67.6 Å². The van der Waals surface area contributed by atoms with Crippen molar-refractivity contribution in [3.05, 3.63) is 35.9 Å². The van der Waals surface area contributed by atoms with Crippen LogP contribution in [0.5, 0.6) is 0 Å². The van der Waals surface area contributed by atoms with Gasteiger partial charge in [-0.2, -0.15) is 17.0 Å². The summed E-state index contributed by atoms with van der Waals surface area (Å²) in [6.45, 7) is 2.23. The number of hydrogen-bond donors (Lipinski definition) is 1. The number of ether oxygens (including phenoxy) is 1. The van der Waals surface area contributed by atoms with Gasteiger partial charge >= 0.3 is 0 Å². The molecule has 1 aromatic carbocycles. The fourth-order valence-electron chi connectivity index (χ4n) is 3.14. The normalized spacial score (nSPS) is 28.6. The average molecular weight is 326 g/mol. The Morgan fingerprint density at radius 2 is 1.73 bits per heavy atom. The molecule has 2 atom stereocenters. The average Bonchev–Trinajstić information content (AvgIpc) is 2.56. The van der Waals surface area contributed by atoms with Crippen molar-refractivity contribution in [2.45, 2.75) is 18.4 Å². The number of aliphatic hydroxyl groups excluding tert-OH is 1. The molecule has 7 heteroatoms. The number of morpholine rings is 1. The fourth-order valence-corrected chi connectivity index (χ4v) is 4.76. The van der Waals surface area contributed by atoms with Gasteiger partial charge in [-0.25, -0.2) is 0 Å². The molecule has 2 saturated heterocycles. The van der Waals surface area contributed by atoms with Crippen molar-refractivity contribution in [2.75, 3.05) is 39.4 Å². The zero-order valence-corrected chi connectivity index (χ0v) is 13.3. The van der Waals surface area contributed by atoms with Crippen LogP contribution in [0.25, 0.3) is 0 Å². The molecule has 0 spiro atoms. The van der Waals surface area contributed by atoms with Crippen LogP contribution in [0.1, 0.15) is 17.9 Å². The molecular weight excluding hydrogens is 304 g/mol. The molecule has 0 radical (unpaired) electrons. The standard InChI is InChI=1S/C15H22N2O4S/c18-15-12-17(22(19,20)16-8-10-21-11-9-16)7-6-14(15)13-4-2-1-3-5-13/h1-5,14-15,18H,6-12H2/t14-,15-/m1/s1. The second-order valence-electron chi connectivity index (χ2n) is 5.75. The van der Waals surface area contributed by atoms with Gasteiger partial charge in [-0.15, -0.1) is 0 Å². The van der Waals surface area contributed by atoms with E-state index < -0.39 is 16.3 Å². The van der Waals surface area contributed by atoms with Gasteiger partial charge in [-0.1, -0.05) is 30.3 Å². The molecule has 2 aliphatic rings. The van der Waals surface area contributed by atoms with Crippen molar-refractivity contribution in [1.29, 1.82) is 0 Å². The van der Waals surface area contributed by atoms with Crippen LogP contribution in [0.4, 0.5) is 0 Å². The fraction of sp³-hybridized carbons (Fsp3) is 0.600. The van der Waals surface area contributed by atoms with Gasteiger partial charge in [0.2, 0.25) is 0 Å². The summed E-state index contributed by atoms with van der Waals surface area (Å²) in [5.74, 6) is -0.00246. The smallest absolute Gasteiger partial charge is 0.282 e. The largest absolute Gasteiger partial charge is 0.391 e. The molecule has 2 aliphatic heterocycles. The minimum atomic E-state index is -3.50. The molecule has 0 aromatic heterocycles. The maximum Gasteiger partial charge on any atom is 0.282 e. The second kappa shape index (κ2) is 6.64. The van der Waals surface area contributed by atoms with Gasteiger partial charge in [-0.05, 0) is 12.0 Å². The monoisotopic (exact) mass is 326 g/mol. The van der Waals surface area contributed by atoms with E-state index in [-0.39, 0.29) is 12.5 Å². The predicted octanol–water partition coefficient (Wildman–Crippen LogP) is 0.414. The minimum Gasteiger partial charge on any atom is -0.391 e. The molecule has 22 heavy (non-hydrogen) atoms. The van der Waals surface area contributed by atoms with E-state index in [1.807, 2.05) is 30.3 Å². The molecule has 0 aliphatic carbocycles. The molecular formula is C15H22N2O4S. The first-order valence-electron chi connectivity index (χ1n) is 7.65. The SMILES string of the molecule is O=S(=O)(N1CCOCC1)N1CC[C@H](c2ccccc2)[C@H](O)C1. The molecule has 1 aromatic rings. The number of aliphatic hydroxyl groups is 1. The van der Waals surface area contributed by atoms with E-state index in [1.54, 1.807) is 0 Å². The summed E-state index contributed by atoms with van der Waals surface area (Å²) in [4.78, 5) is 0. The number of piperidine rings is 1. The third-order valence-corrected chi connectivity index (χ3v) is 6.40. The highest BCUT2D eigenvalue weighted by Crippen LogP contribution is 2.30. The third kappa shape index (κ3) is 3.18. The van der Waals surface area contributed by atoms with Crippen LogP contribution in [-0.2, 0) is 14.9 Å². The van der Waals surface area contributed by atoms with Gasteiger partial charge in [0.25, 0.3) is 10.2 Å². The molecule has 0 amide bonds. The van der Waals surface area contributed by atoms with E-state index in [0.29, 0.717) is 39.3 Å². The summed E-state index contributed by atoms with van der Waals surface area (Å²) in [7, 11) is -3.50. The molecule has 3 rings (SSSR count). The first-order chi connectivity index (χ1) is 10.6. The van der Waals surface area contributed by atoms with Crippen LogP contribution in [0, 0.1) is 0 Å². The number of β-amino-alcohol motifs (C(OH)–C–C–N with tert-alkyl or cyclic N) is 1. The van der Waals surface area contributed by atoms with E-state index >= 15 is 0 Å². The van der Waals surface area contributed by atoms with Crippen molar-refractivity contribution < 1.29 is 18.3 Å². The molecule has 2 heterocycles. The number of nitrogens with zero attached hydrogens (tertiary/aromatic N) is 2. The van der Waals surface area contributed by atoms with Gasteiger partial charge in [0.1, 0.15) is 0 Å². The van der Waals surface area contributed by atoms with Crippen molar-refractivity contribution in [3.8, 4) is 0 Å². The van der Waals surface area contributed by atoms with Crippen LogP contribution >= 0.6 is 0 Å². The van der Waals surface area contributed by atoms with Crippen LogP contribution < -0.4 is 0 Å². The quantitative estimate of drug-likeness (QED) is 0.874. The molecule has 0 saturated carbocycles. The van der Waals surface area contributed by atoms with Crippen LogP contribution in [0.3, 0.4) is 0 Å². The van der Waals surface area contributed by atoms with E-state index in [9.17, 15) is 13.5 Å². The van der Waals surface area contributed by atoms with Crippen molar-refractivity contribution in [2.24, 2.45) is 0 Å². The van der Waals surface area contributed by atoms with Crippen molar-refractivity contribution in [1.82, 2.24) is 8.61 Å². The first-order valence-corrected chi connectivity index (χ1v) is 9.05. The zero-order valence-electron chi connectivity index (χ0n) is 12.5. The maximum atomic E-state index is 12.6. The van der Waals surface area contributed by atoms with Gasteiger partial charge < -0.3 is 9.84 Å². The highest BCUT2D eigenvalue weighted by molar-refractivity contribution is 7.86. The Labute approximate surface area is 131 Å². The molecule has 122 valence electrons. The minimum absolute atomic E-state index is 0.00246. The third-order valence-electron chi connectivity index (χ3n) is 4.40. The molecule has 1 N–H and O–H groups in total. The molecule has 2 fully saturated rings. The summed E-state index contributed by atoms with van der Waals surface area (Å²) >= 11 is 0. The Hall–Kier alpha value is -0.990. The Kier molecular flexibility index (Phi) is 4.79. The summed E-state index contributed by atoms with van der Waals surface area (Å²) < 4.78 is 33.3. The lowest BCUT2D eigenvalue weighted by Gasteiger charge is -2.38. The Bertz CT molecular complexity index is 587. The second-order valence-corrected chi connectivity index (χ2v) is 7.68. The Morgan fingerprint density at radius 1 is 1.05 bits per heavy atom. The predicted molar refractivity (Wildman–Crippen MR) is 82.7 cm³/mol. The van der Waals surface area contributed by atoms with E-state index in [4.69, 9.17) is 4.74 Å². The lowest BCUT2D eigenvalue weighted by atomic mass is 9.88. The van der Waals surface area contributed by atoms with E-state index in [0.717, 1.165) is 5.56 Å². The van der Waals surface area contributed by atoms with Gasteiger partial charge in [0, 0.05) is 32.1 Å². The summed E-state index contributed by atoms with van der Waals surface area (Å²) in [6, 6.07) is 9.80.